The van der Waals surface area contributed by atoms with Crippen LogP contribution in [-0.4, -0.2) is 34.1 Å². The van der Waals surface area contributed by atoms with Gasteiger partial charge in [-0.2, -0.15) is 5.10 Å². The fraction of sp³-hybridized carbons (Fsp3) is 0.500. The molecule has 1 heterocycles. The third-order valence-electron chi connectivity index (χ3n) is 2.01. The summed E-state index contributed by atoms with van der Waals surface area (Å²) in [5, 5.41) is 8.90. The van der Waals surface area contributed by atoms with Crippen molar-refractivity contribution in [1.29, 1.82) is 0 Å². The Hall–Kier alpha value is -1.56. The SMILES string of the molecule is Cn1ccc(CCNC(=O)NC(=O)CCCl)n1. The smallest absolute Gasteiger partial charge is 0.321 e. The summed E-state index contributed by atoms with van der Waals surface area (Å²) >= 11 is 5.36. The Morgan fingerprint density at radius 1 is 1.53 bits per heavy atom. The average molecular weight is 259 g/mol. The summed E-state index contributed by atoms with van der Waals surface area (Å²) in [5.74, 6) is -0.178. The second-order valence-corrected chi connectivity index (χ2v) is 3.85. The number of urea groups is 1. The lowest BCUT2D eigenvalue weighted by atomic mass is 10.3. The highest BCUT2D eigenvalue weighted by Gasteiger charge is 2.06. The van der Waals surface area contributed by atoms with Gasteiger partial charge in [-0.25, -0.2) is 4.79 Å². The van der Waals surface area contributed by atoms with Crippen molar-refractivity contribution in [2.45, 2.75) is 12.8 Å². The van der Waals surface area contributed by atoms with Crippen LogP contribution >= 0.6 is 11.6 Å². The third-order valence-corrected chi connectivity index (χ3v) is 2.20. The number of carbonyl (C=O) groups excluding carboxylic acids is 2. The maximum absolute atomic E-state index is 11.2. The molecule has 0 aliphatic heterocycles. The molecule has 0 spiro atoms. The summed E-state index contributed by atoms with van der Waals surface area (Å²) in [6.45, 7) is 0.428. The second kappa shape index (κ2) is 6.90. The summed E-state index contributed by atoms with van der Waals surface area (Å²) in [4.78, 5) is 22.2. The molecule has 0 aliphatic carbocycles. The van der Waals surface area contributed by atoms with Crippen LogP contribution in [0, 0.1) is 0 Å². The Kier molecular flexibility index (Phi) is 5.48. The van der Waals surface area contributed by atoms with Gasteiger partial charge in [0.05, 0.1) is 5.69 Å². The Morgan fingerprint density at radius 2 is 2.29 bits per heavy atom. The van der Waals surface area contributed by atoms with Crippen LogP contribution in [0.15, 0.2) is 12.3 Å². The molecule has 0 aromatic carbocycles. The predicted molar refractivity (Wildman–Crippen MR) is 63.8 cm³/mol. The number of alkyl halides is 1. The van der Waals surface area contributed by atoms with Crippen LogP contribution in [0.4, 0.5) is 4.79 Å². The molecule has 0 bridgehead atoms. The lowest BCUT2D eigenvalue weighted by Gasteiger charge is -2.04. The number of carbonyl (C=O) groups is 2. The molecule has 7 heteroatoms. The second-order valence-electron chi connectivity index (χ2n) is 3.47. The molecule has 3 amide bonds. The molecular formula is C10H15ClN4O2. The van der Waals surface area contributed by atoms with Crippen LogP contribution < -0.4 is 10.6 Å². The zero-order chi connectivity index (χ0) is 12.7. The molecule has 0 saturated heterocycles. The van der Waals surface area contributed by atoms with Gasteiger partial charge in [-0.3, -0.25) is 14.8 Å². The lowest BCUT2D eigenvalue weighted by molar-refractivity contribution is -0.119. The molecule has 1 aromatic rings. The summed E-state index contributed by atoms with van der Waals surface area (Å²) in [6.07, 6.45) is 2.59. The zero-order valence-corrected chi connectivity index (χ0v) is 10.3. The van der Waals surface area contributed by atoms with Crippen molar-refractivity contribution in [3.63, 3.8) is 0 Å². The van der Waals surface area contributed by atoms with Gasteiger partial charge < -0.3 is 5.32 Å². The molecule has 0 aliphatic rings. The Labute approximate surface area is 104 Å². The molecule has 0 radical (unpaired) electrons. The van der Waals surface area contributed by atoms with Gasteiger partial charge in [-0.15, -0.1) is 11.6 Å². The number of halogens is 1. The number of imide groups is 1. The van der Waals surface area contributed by atoms with Gasteiger partial charge in [0.25, 0.3) is 0 Å². The number of nitrogens with one attached hydrogen (secondary N) is 2. The van der Waals surface area contributed by atoms with Gasteiger partial charge in [-0.05, 0) is 6.07 Å². The van der Waals surface area contributed by atoms with Crippen molar-refractivity contribution in [3.8, 4) is 0 Å². The standard InChI is InChI=1S/C10H15ClN4O2/c1-15-7-4-8(14-15)3-6-12-10(17)13-9(16)2-5-11/h4,7H,2-3,5-6H2,1H3,(H2,12,13,16,17). The van der Waals surface area contributed by atoms with E-state index in [1.165, 1.54) is 0 Å². The molecule has 2 N–H and O–H groups in total. The Morgan fingerprint density at radius 3 is 2.88 bits per heavy atom. The summed E-state index contributed by atoms with van der Waals surface area (Å²) < 4.78 is 1.69. The van der Waals surface area contributed by atoms with Crippen LogP contribution in [0.25, 0.3) is 0 Å². The van der Waals surface area contributed by atoms with Gasteiger partial charge >= 0.3 is 6.03 Å². The maximum Gasteiger partial charge on any atom is 0.321 e. The first kappa shape index (κ1) is 13.5. The summed E-state index contributed by atoms with van der Waals surface area (Å²) in [5.41, 5.74) is 0.889. The first-order valence-corrected chi connectivity index (χ1v) is 5.77. The van der Waals surface area contributed by atoms with Crippen molar-refractivity contribution in [1.82, 2.24) is 20.4 Å². The molecule has 0 atom stereocenters. The highest BCUT2D eigenvalue weighted by molar-refractivity contribution is 6.19. The molecule has 0 unspecified atom stereocenters. The van der Waals surface area contributed by atoms with Crippen molar-refractivity contribution in [2.24, 2.45) is 7.05 Å². The number of amides is 3. The molecule has 6 nitrogen and oxygen atoms in total. The fourth-order valence-corrected chi connectivity index (χ4v) is 1.39. The molecular weight excluding hydrogens is 244 g/mol. The number of nitrogens with zero attached hydrogens (tertiary/aromatic N) is 2. The van der Waals surface area contributed by atoms with Crippen LogP contribution in [-0.2, 0) is 18.3 Å². The fourth-order valence-electron chi connectivity index (χ4n) is 1.22. The minimum atomic E-state index is -0.504. The van der Waals surface area contributed by atoms with Crippen LogP contribution in [0.5, 0.6) is 0 Å². The molecule has 94 valence electrons. The van der Waals surface area contributed by atoms with Crippen LogP contribution in [0.2, 0.25) is 0 Å². The molecule has 17 heavy (non-hydrogen) atoms. The number of hydrogen-bond donors (Lipinski definition) is 2. The van der Waals surface area contributed by atoms with E-state index in [1.54, 1.807) is 4.68 Å². The topological polar surface area (TPSA) is 76.0 Å². The van der Waals surface area contributed by atoms with E-state index >= 15 is 0 Å². The van der Waals surface area contributed by atoms with Gasteiger partial charge in [0.2, 0.25) is 5.91 Å². The molecule has 0 fully saturated rings. The molecule has 0 saturated carbocycles. The first-order valence-electron chi connectivity index (χ1n) is 5.24. The van der Waals surface area contributed by atoms with E-state index in [9.17, 15) is 9.59 Å². The van der Waals surface area contributed by atoms with Gasteiger partial charge in [0.15, 0.2) is 0 Å². The van der Waals surface area contributed by atoms with E-state index in [0.29, 0.717) is 13.0 Å². The summed E-state index contributed by atoms with van der Waals surface area (Å²) in [6, 6.07) is 1.37. The summed E-state index contributed by atoms with van der Waals surface area (Å²) in [7, 11) is 1.83. The van der Waals surface area contributed by atoms with E-state index in [1.807, 2.05) is 19.3 Å². The average Bonchev–Trinajstić information content (AvgIpc) is 2.64. The predicted octanol–water partition coefficient (Wildman–Crippen LogP) is 0.417. The van der Waals surface area contributed by atoms with Crippen molar-refractivity contribution >= 4 is 23.5 Å². The number of aromatic nitrogens is 2. The quantitative estimate of drug-likeness (QED) is 0.752. The number of aryl methyl sites for hydroxylation is 1. The number of rotatable bonds is 5. The van der Waals surface area contributed by atoms with E-state index in [4.69, 9.17) is 11.6 Å². The zero-order valence-electron chi connectivity index (χ0n) is 9.57. The van der Waals surface area contributed by atoms with Crippen molar-refractivity contribution in [3.05, 3.63) is 18.0 Å². The number of hydrogen-bond acceptors (Lipinski definition) is 3. The molecule has 1 rings (SSSR count). The highest BCUT2D eigenvalue weighted by atomic mass is 35.5. The van der Waals surface area contributed by atoms with Crippen molar-refractivity contribution < 1.29 is 9.59 Å². The first-order chi connectivity index (χ1) is 8.11. The highest BCUT2D eigenvalue weighted by Crippen LogP contribution is 1.93. The van der Waals surface area contributed by atoms with Gasteiger partial charge in [0, 0.05) is 38.5 Å². The van der Waals surface area contributed by atoms with Crippen LogP contribution in [0.1, 0.15) is 12.1 Å². The van der Waals surface area contributed by atoms with Crippen molar-refractivity contribution in [2.75, 3.05) is 12.4 Å². The van der Waals surface area contributed by atoms with E-state index in [2.05, 4.69) is 15.7 Å². The van der Waals surface area contributed by atoms with Crippen LogP contribution in [0.3, 0.4) is 0 Å². The normalized spacial score (nSPS) is 10.0. The van der Waals surface area contributed by atoms with E-state index in [0.717, 1.165) is 5.69 Å². The van der Waals surface area contributed by atoms with Gasteiger partial charge in [-0.1, -0.05) is 0 Å². The molecule has 1 aromatic heterocycles. The van der Waals surface area contributed by atoms with E-state index < -0.39 is 6.03 Å². The minimum absolute atomic E-state index is 0.134. The largest absolute Gasteiger partial charge is 0.337 e. The lowest BCUT2D eigenvalue weighted by Crippen LogP contribution is -2.40. The van der Waals surface area contributed by atoms with E-state index in [-0.39, 0.29) is 18.2 Å². The Bertz CT molecular complexity index is 391. The Balaban J connectivity index is 2.18. The third kappa shape index (κ3) is 5.35. The monoisotopic (exact) mass is 258 g/mol. The maximum atomic E-state index is 11.2. The minimum Gasteiger partial charge on any atom is -0.337 e. The van der Waals surface area contributed by atoms with Gasteiger partial charge in [0.1, 0.15) is 0 Å².